The summed E-state index contributed by atoms with van der Waals surface area (Å²) in [6.45, 7) is 0.431. The molecule has 0 fully saturated rings. The van der Waals surface area contributed by atoms with Crippen molar-refractivity contribution >= 4 is 23.2 Å². The van der Waals surface area contributed by atoms with E-state index < -0.39 is 0 Å². The zero-order valence-electron chi connectivity index (χ0n) is 7.26. The van der Waals surface area contributed by atoms with Crippen LogP contribution in [0.15, 0.2) is 18.2 Å². The van der Waals surface area contributed by atoms with Crippen molar-refractivity contribution in [1.29, 1.82) is 0 Å². The zero-order valence-corrected chi connectivity index (χ0v) is 8.77. The third-order valence-corrected chi connectivity index (χ3v) is 2.28. The van der Waals surface area contributed by atoms with Crippen molar-refractivity contribution in [3.63, 3.8) is 0 Å². The average Bonchev–Trinajstić information content (AvgIpc) is 2.09. The summed E-state index contributed by atoms with van der Waals surface area (Å²) in [5.41, 5.74) is 6.62. The van der Waals surface area contributed by atoms with Crippen molar-refractivity contribution in [3.05, 3.63) is 33.8 Å². The summed E-state index contributed by atoms with van der Waals surface area (Å²) in [4.78, 5) is 0. The summed E-state index contributed by atoms with van der Waals surface area (Å²) >= 11 is 11.7. The lowest BCUT2D eigenvalue weighted by atomic mass is 10.1. The van der Waals surface area contributed by atoms with Gasteiger partial charge in [0, 0.05) is 17.2 Å². The Balaban J connectivity index is 2.91. The molecule has 0 aliphatic heterocycles. The summed E-state index contributed by atoms with van der Waals surface area (Å²) in [6.07, 6.45) is 0. The lowest BCUT2D eigenvalue weighted by molar-refractivity contribution is 0.181. The number of nitrogens with two attached hydrogens (primary N) is 1. The Bertz CT molecular complexity index is 291. The molecule has 0 saturated heterocycles. The van der Waals surface area contributed by atoms with Gasteiger partial charge in [-0.2, -0.15) is 0 Å². The lowest BCUT2D eigenvalue weighted by Gasteiger charge is -2.12. The SMILES string of the molecule is COCC(N)c1cc(Cl)ccc1Cl. The molecule has 1 atom stereocenters. The maximum Gasteiger partial charge on any atom is 0.0656 e. The first-order valence-electron chi connectivity index (χ1n) is 3.84. The predicted octanol–water partition coefficient (Wildman–Crippen LogP) is 2.64. The number of hydrogen-bond donors (Lipinski definition) is 1. The number of halogens is 2. The summed E-state index contributed by atoms with van der Waals surface area (Å²) < 4.78 is 4.93. The van der Waals surface area contributed by atoms with Crippen LogP contribution in [0.25, 0.3) is 0 Å². The molecule has 1 aromatic carbocycles. The molecule has 2 N–H and O–H groups in total. The molecule has 0 aliphatic carbocycles. The van der Waals surface area contributed by atoms with Crippen LogP contribution in [0, 0.1) is 0 Å². The quantitative estimate of drug-likeness (QED) is 0.849. The van der Waals surface area contributed by atoms with Gasteiger partial charge in [0.15, 0.2) is 0 Å². The molecular weight excluding hydrogens is 209 g/mol. The highest BCUT2D eigenvalue weighted by atomic mass is 35.5. The van der Waals surface area contributed by atoms with Gasteiger partial charge in [0.05, 0.1) is 12.6 Å². The Morgan fingerprint density at radius 1 is 1.46 bits per heavy atom. The van der Waals surface area contributed by atoms with Gasteiger partial charge >= 0.3 is 0 Å². The Kier molecular flexibility index (Phi) is 4.00. The Hall–Kier alpha value is -0.280. The smallest absolute Gasteiger partial charge is 0.0656 e. The van der Waals surface area contributed by atoms with Crippen molar-refractivity contribution < 1.29 is 4.74 Å². The van der Waals surface area contributed by atoms with E-state index in [4.69, 9.17) is 33.7 Å². The number of hydrogen-bond acceptors (Lipinski definition) is 2. The zero-order chi connectivity index (χ0) is 9.84. The third-order valence-electron chi connectivity index (χ3n) is 1.70. The van der Waals surface area contributed by atoms with E-state index in [0.29, 0.717) is 16.7 Å². The van der Waals surface area contributed by atoms with Crippen LogP contribution in [0.2, 0.25) is 10.0 Å². The summed E-state index contributed by atoms with van der Waals surface area (Å²) in [5.74, 6) is 0. The van der Waals surface area contributed by atoms with Crippen molar-refractivity contribution in [3.8, 4) is 0 Å². The van der Waals surface area contributed by atoms with Crippen molar-refractivity contribution in [2.45, 2.75) is 6.04 Å². The molecular formula is C9H11Cl2NO. The van der Waals surface area contributed by atoms with Gasteiger partial charge in [-0.15, -0.1) is 0 Å². The van der Waals surface area contributed by atoms with Gasteiger partial charge in [0.2, 0.25) is 0 Å². The van der Waals surface area contributed by atoms with Gasteiger partial charge < -0.3 is 10.5 Å². The van der Waals surface area contributed by atoms with E-state index in [2.05, 4.69) is 0 Å². The van der Waals surface area contributed by atoms with Gasteiger partial charge in [0.1, 0.15) is 0 Å². The van der Waals surface area contributed by atoms with E-state index in [1.807, 2.05) is 0 Å². The van der Waals surface area contributed by atoms with Gasteiger partial charge in [-0.3, -0.25) is 0 Å². The first kappa shape index (κ1) is 10.8. The lowest BCUT2D eigenvalue weighted by Crippen LogP contribution is -2.16. The molecule has 0 heterocycles. The minimum atomic E-state index is -0.226. The van der Waals surface area contributed by atoms with E-state index in [-0.39, 0.29) is 6.04 Å². The highest BCUT2D eigenvalue weighted by Crippen LogP contribution is 2.25. The fourth-order valence-electron chi connectivity index (χ4n) is 1.07. The molecule has 2 nitrogen and oxygen atoms in total. The highest BCUT2D eigenvalue weighted by Gasteiger charge is 2.09. The fraction of sp³-hybridized carbons (Fsp3) is 0.333. The Morgan fingerprint density at radius 3 is 2.77 bits per heavy atom. The second kappa shape index (κ2) is 4.82. The maximum atomic E-state index is 5.93. The van der Waals surface area contributed by atoms with Crippen LogP contribution in [-0.2, 0) is 4.74 Å². The summed E-state index contributed by atoms with van der Waals surface area (Å²) in [6, 6.07) is 4.99. The number of rotatable bonds is 3. The predicted molar refractivity (Wildman–Crippen MR) is 55.3 cm³/mol. The molecule has 0 spiro atoms. The van der Waals surface area contributed by atoms with Gasteiger partial charge in [-0.05, 0) is 23.8 Å². The molecule has 72 valence electrons. The van der Waals surface area contributed by atoms with Gasteiger partial charge in [-0.25, -0.2) is 0 Å². The molecule has 0 saturated carbocycles. The van der Waals surface area contributed by atoms with Crippen LogP contribution in [-0.4, -0.2) is 13.7 Å². The minimum absolute atomic E-state index is 0.226. The Labute approximate surface area is 87.6 Å². The minimum Gasteiger partial charge on any atom is -0.383 e. The maximum absolute atomic E-state index is 5.93. The molecule has 0 aromatic heterocycles. The van der Waals surface area contributed by atoms with Crippen LogP contribution in [0.4, 0.5) is 0 Å². The van der Waals surface area contributed by atoms with Crippen LogP contribution >= 0.6 is 23.2 Å². The highest BCUT2D eigenvalue weighted by molar-refractivity contribution is 6.33. The summed E-state index contributed by atoms with van der Waals surface area (Å²) in [7, 11) is 1.60. The number of ether oxygens (including phenoxy) is 1. The van der Waals surface area contributed by atoms with E-state index in [1.54, 1.807) is 25.3 Å². The standard InChI is InChI=1S/C9H11Cl2NO/c1-13-5-9(12)7-4-6(10)2-3-8(7)11/h2-4,9H,5,12H2,1H3. The second-order valence-electron chi connectivity index (χ2n) is 2.73. The van der Waals surface area contributed by atoms with E-state index in [0.717, 1.165) is 5.56 Å². The summed E-state index contributed by atoms with van der Waals surface area (Å²) in [5, 5.41) is 1.25. The van der Waals surface area contributed by atoms with E-state index >= 15 is 0 Å². The van der Waals surface area contributed by atoms with E-state index in [9.17, 15) is 0 Å². The fourth-order valence-corrected chi connectivity index (χ4v) is 1.51. The monoisotopic (exact) mass is 219 g/mol. The number of benzene rings is 1. The van der Waals surface area contributed by atoms with Crippen LogP contribution in [0.5, 0.6) is 0 Å². The topological polar surface area (TPSA) is 35.2 Å². The van der Waals surface area contributed by atoms with Crippen molar-refractivity contribution in [2.24, 2.45) is 5.73 Å². The van der Waals surface area contributed by atoms with Crippen molar-refractivity contribution in [2.75, 3.05) is 13.7 Å². The van der Waals surface area contributed by atoms with Crippen LogP contribution < -0.4 is 5.73 Å². The second-order valence-corrected chi connectivity index (χ2v) is 3.57. The van der Waals surface area contributed by atoms with Gasteiger partial charge in [0.25, 0.3) is 0 Å². The number of methoxy groups -OCH3 is 1. The average molecular weight is 220 g/mol. The molecule has 13 heavy (non-hydrogen) atoms. The van der Waals surface area contributed by atoms with Crippen LogP contribution in [0.3, 0.4) is 0 Å². The first-order chi connectivity index (χ1) is 6.15. The molecule has 4 heteroatoms. The van der Waals surface area contributed by atoms with Crippen LogP contribution in [0.1, 0.15) is 11.6 Å². The normalized spacial score (nSPS) is 12.9. The largest absolute Gasteiger partial charge is 0.383 e. The molecule has 1 rings (SSSR count). The molecule has 1 unspecified atom stereocenters. The third kappa shape index (κ3) is 2.85. The molecule has 0 bridgehead atoms. The Morgan fingerprint density at radius 2 is 2.15 bits per heavy atom. The molecule has 0 amide bonds. The van der Waals surface area contributed by atoms with Crippen molar-refractivity contribution in [1.82, 2.24) is 0 Å². The first-order valence-corrected chi connectivity index (χ1v) is 4.60. The van der Waals surface area contributed by atoms with E-state index in [1.165, 1.54) is 0 Å². The van der Waals surface area contributed by atoms with Gasteiger partial charge in [-0.1, -0.05) is 23.2 Å². The molecule has 1 aromatic rings. The molecule has 0 radical (unpaired) electrons. The molecule has 0 aliphatic rings.